The third-order valence-corrected chi connectivity index (χ3v) is 3.78. The van der Waals surface area contributed by atoms with Crippen molar-refractivity contribution in [2.75, 3.05) is 13.7 Å². The standard InChI is InChI=1S/C14H18ClNO2/c1-9-6-14(18-2)11(8-12(9)15)13(17)7-10-4-3-5-16-10/h6,8,10,16H,3-5,7H2,1-2H3. The SMILES string of the molecule is COc1cc(C)c(Cl)cc1C(=O)CC1CCCN1. The number of aryl methyl sites for hydroxylation is 1. The normalized spacial score (nSPS) is 18.9. The molecule has 1 saturated heterocycles. The maximum absolute atomic E-state index is 12.3. The van der Waals surface area contributed by atoms with Gasteiger partial charge in [0.2, 0.25) is 0 Å². The first kappa shape index (κ1) is 13.4. The molecule has 2 rings (SSSR count). The molecular weight excluding hydrogens is 250 g/mol. The van der Waals surface area contributed by atoms with Crippen molar-refractivity contribution in [3.05, 3.63) is 28.3 Å². The Morgan fingerprint density at radius 1 is 1.56 bits per heavy atom. The lowest BCUT2D eigenvalue weighted by molar-refractivity contribution is 0.0968. The van der Waals surface area contributed by atoms with Crippen LogP contribution in [-0.2, 0) is 0 Å². The molecule has 1 aliphatic heterocycles. The van der Waals surface area contributed by atoms with Gasteiger partial charge in [0, 0.05) is 17.5 Å². The second-order valence-corrected chi connectivity index (χ2v) is 5.13. The molecule has 0 amide bonds. The first-order valence-electron chi connectivity index (χ1n) is 6.22. The van der Waals surface area contributed by atoms with Crippen LogP contribution in [0.25, 0.3) is 0 Å². The Labute approximate surface area is 112 Å². The number of carbonyl (C=O) groups is 1. The van der Waals surface area contributed by atoms with Crippen molar-refractivity contribution in [1.29, 1.82) is 0 Å². The number of rotatable bonds is 4. The Bertz CT molecular complexity index is 453. The van der Waals surface area contributed by atoms with E-state index in [0.29, 0.717) is 28.8 Å². The zero-order valence-corrected chi connectivity index (χ0v) is 11.5. The summed E-state index contributed by atoms with van der Waals surface area (Å²) in [6.07, 6.45) is 2.72. The van der Waals surface area contributed by atoms with Crippen molar-refractivity contribution < 1.29 is 9.53 Å². The fourth-order valence-electron chi connectivity index (χ4n) is 2.31. The van der Waals surface area contributed by atoms with Crippen molar-refractivity contribution >= 4 is 17.4 Å². The Kier molecular flexibility index (Phi) is 4.25. The van der Waals surface area contributed by atoms with Gasteiger partial charge in [0.25, 0.3) is 0 Å². The fraction of sp³-hybridized carbons (Fsp3) is 0.500. The Balaban J connectivity index is 2.20. The molecule has 1 heterocycles. The monoisotopic (exact) mass is 267 g/mol. The number of halogens is 1. The second kappa shape index (κ2) is 5.72. The molecule has 0 radical (unpaired) electrons. The number of nitrogens with one attached hydrogen (secondary N) is 1. The lowest BCUT2D eigenvalue weighted by Gasteiger charge is -2.13. The van der Waals surface area contributed by atoms with Crippen LogP contribution in [0.5, 0.6) is 5.75 Å². The van der Waals surface area contributed by atoms with Gasteiger partial charge in [-0.25, -0.2) is 0 Å². The second-order valence-electron chi connectivity index (χ2n) is 4.72. The number of hydrogen-bond donors (Lipinski definition) is 1. The van der Waals surface area contributed by atoms with Gasteiger partial charge >= 0.3 is 0 Å². The molecule has 0 saturated carbocycles. The van der Waals surface area contributed by atoms with Crippen LogP contribution in [0.4, 0.5) is 0 Å². The van der Waals surface area contributed by atoms with E-state index in [-0.39, 0.29) is 5.78 Å². The van der Waals surface area contributed by atoms with Gasteiger partial charge in [-0.1, -0.05) is 11.6 Å². The minimum Gasteiger partial charge on any atom is -0.496 e. The van der Waals surface area contributed by atoms with Crippen LogP contribution in [0.3, 0.4) is 0 Å². The van der Waals surface area contributed by atoms with E-state index in [0.717, 1.165) is 24.9 Å². The summed E-state index contributed by atoms with van der Waals surface area (Å²) in [4.78, 5) is 12.3. The number of ketones is 1. The van der Waals surface area contributed by atoms with E-state index in [1.807, 2.05) is 13.0 Å². The van der Waals surface area contributed by atoms with Gasteiger partial charge in [-0.15, -0.1) is 0 Å². The van der Waals surface area contributed by atoms with Gasteiger partial charge in [0.05, 0.1) is 12.7 Å². The molecule has 1 fully saturated rings. The van der Waals surface area contributed by atoms with Crippen molar-refractivity contribution in [3.63, 3.8) is 0 Å². The van der Waals surface area contributed by atoms with Crippen molar-refractivity contribution in [2.24, 2.45) is 0 Å². The molecule has 1 N–H and O–H groups in total. The molecule has 4 heteroatoms. The lowest BCUT2D eigenvalue weighted by atomic mass is 10.0. The summed E-state index contributed by atoms with van der Waals surface area (Å²) in [6, 6.07) is 3.83. The van der Waals surface area contributed by atoms with Gasteiger partial charge in [0.1, 0.15) is 5.75 Å². The highest BCUT2D eigenvalue weighted by Gasteiger charge is 2.21. The molecule has 0 aliphatic carbocycles. The summed E-state index contributed by atoms with van der Waals surface area (Å²) < 4.78 is 5.27. The molecule has 18 heavy (non-hydrogen) atoms. The van der Waals surface area contributed by atoms with E-state index < -0.39 is 0 Å². The molecular formula is C14H18ClNO2. The summed E-state index contributed by atoms with van der Waals surface area (Å²) in [7, 11) is 1.58. The van der Waals surface area contributed by atoms with Gasteiger partial charge < -0.3 is 10.1 Å². The smallest absolute Gasteiger partial charge is 0.168 e. The lowest BCUT2D eigenvalue weighted by Crippen LogP contribution is -2.24. The molecule has 0 bridgehead atoms. The predicted octanol–water partition coefficient (Wildman–Crippen LogP) is 2.98. The van der Waals surface area contributed by atoms with Crippen LogP contribution >= 0.6 is 11.6 Å². The minimum atomic E-state index is 0.0909. The van der Waals surface area contributed by atoms with Crippen molar-refractivity contribution in [1.82, 2.24) is 5.32 Å². The van der Waals surface area contributed by atoms with Crippen LogP contribution in [0.1, 0.15) is 35.2 Å². The molecule has 3 nitrogen and oxygen atoms in total. The summed E-state index contributed by atoms with van der Waals surface area (Å²) >= 11 is 6.08. The largest absolute Gasteiger partial charge is 0.496 e. The van der Waals surface area contributed by atoms with E-state index in [4.69, 9.17) is 16.3 Å². The van der Waals surface area contributed by atoms with Crippen LogP contribution in [0, 0.1) is 6.92 Å². The van der Waals surface area contributed by atoms with Gasteiger partial charge in [0.15, 0.2) is 5.78 Å². The van der Waals surface area contributed by atoms with Crippen molar-refractivity contribution in [3.8, 4) is 5.75 Å². The third-order valence-electron chi connectivity index (χ3n) is 3.38. The quantitative estimate of drug-likeness (QED) is 0.853. The summed E-state index contributed by atoms with van der Waals surface area (Å²) in [5.74, 6) is 0.702. The van der Waals surface area contributed by atoms with Gasteiger partial charge in [-0.2, -0.15) is 0 Å². The minimum absolute atomic E-state index is 0.0909. The van der Waals surface area contributed by atoms with Crippen LogP contribution < -0.4 is 10.1 Å². The Morgan fingerprint density at radius 2 is 2.33 bits per heavy atom. The molecule has 0 aromatic heterocycles. The number of carbonyl (C=O) groups excluding carboxylic acids is 1. The van der Waals surface area contributed by atoms with E-state index in [2.05, 4.69) is 5.32 Å². The van der Waals surface area contributed by atoms with Crippen LogP contribution in [0.15, 0.2) is 12.1 Å². The molecule has 98 valence electrons. The van der Waals surface area contributed by atoms with Gasteiger partial charge in [-0.3, -0.25) is 4.79 Å². The van der Waals surface area contributed by atoms with Crippen LogP contribution in [-0.4, -0.2) is 25.5 Å². The van der Waals surface area contributed by atoms with E-state index >= 15 is 0 Å². The maximum Gasteiger partial charge on any atom is 0.168 e. The fourth-order valence-corrected chi connectivity index (χ4v) is 2.47. The highest BCUT2D eigenvalue weighted by atomic mass is 35.5. The number of ether oxygens (including phenoxy) is 1. The molecule has 1 aliphatic rings. The molecule has 1 aromatic carbocycles. The number of methoxy groups -OCH3 is 1. The topological polar surface area (TPSA) is 38.3 Å². The average Bonchev–Trinajstić information content (AvgIpc) is 2.84. The molecule has 1 atom stereocenters. The summed E-state index contributed by atoms with van der Waals surface area (Å²) in [6.45, 7) is 2.90. The summed E-state index contributed by atoms with van der Waals surface area (Å²) in [5, 5.41) is 3.94. The van der Waals surface area contributed by atoms with Crippen molar-refractivity contribution in [2.45, 2.75) is 32.2 Å². The number of benzene rings is 1. The van der Waals surface area contributed by atoms with E-state index in [9.17, 15) is 4.79 Å². The Morgan fingerprint density at radius 3 is 2.94 bits per heavy atom. The molecule has 1 aromatic rings. The molecule has 0 spiro atoms. The highest BCUT2D eigenvalue weighted by molar-refractivity contribution is 6.31. The van der Waals surface area contributed by atoms with Gasteiger partial charge in [-0.05, 0) is 44.0 Å². The zero-order chi connectivity index (χ0) is 13.1. The highest BCUT2D eigenvalue weighted by Crippen LogP contribution is 2.28. The number of Topliss-reactive ketones (excluding diaryl/α,β-unsaturated/α-hetero) is 1. The molecule has 1 unspecified atom stereocenters. The van der Waals surface area contributed by atoms with Crippen LogP contribution in [0.2, 0.25) is 5.02 Å². The van der Waals surface area contributed by atoms with E-state index in [1.165, 1.54) is 0 Å². The maximum atomic E-state index is 12.3. The first-order chi connectivity index (χ1) is 8.61. The first-order valence-corrected chi connectivity index (χ1v) is 6.60. The third kappa shape index (κ3) is 2.85. The number of hydrogen-bond acceptors (Lipinski definition) is 3. The predicted molar refractivity (Wildman–Crippen MR) is 72.7 cm³/mol. The summed E-state index contributed by atoms with van der Waals surface area (Å²) in [5.41, 5.74) is 1.51. The van der Waals surface area contributed by atoms with E-state index in [1.54, 1.807) is 13.2 Å². The zero-order valence-electron chi connectivity index (χ0n) is 10.8. The average molecular weight is 268 g/mol. The Hall–Kier alpha value is -1.06.